The number of aromatic nitrogens is 2. The van der Waals surface area contributed by atoms with Crippen LogP contribution in [0.15, 0.2) is 48.8 Å². The van der Waals surface area contributed by atoms with Crippen molar-refractivity contribution in [2.45, 2.75) is 26.2 Å². The van der Waals surface area contributed by atoms with Gasteiger partial charge in [0, 0.05) is 70.1 Å². The van der Waals surface area contributed by atoms with E-state index in [2.05, 4.69) is 72.0 Å². The largest absolute Gasteiger partial charge is 0.370 e. The van der Waals surface area contributed by atoms with Crippen molar-refractivity contribution in [2.24, 2.45) is 0 Å². The lowest BCUT2D eigenvalue weighted by atomic mass is 9.91. The maximum atomic E-state index is 11.5. The van der Waals surface area contributed by atoms with Gasteiger partial charge >= 0.3 is 0 Å². The Kier molecular flexibility index (Phi) is 5.34. The lowest BCUT2D eigenvalue weighted by molar-refractivity contribution is 0.569. The van der Waals surface area contributed by atoms with Gasteiger partial charge in [0.1, 0.15) is 5.01 Å². The van der Waals surface area contributed by atoms with Crippen LogP contribution in [0.4, 0.5) is 5.69 Å². The van der Waals surface area contributed by atoms with Crippen molar-refractivity contribution in [3.05, 3.63) is 54.5 Å². The third-order valence-electron chi connectivity index (χ3n) is 4.98. The third kappa shape index (κ3) is 4.18. The minimum Gasteiger partial charge on any atom is -0.370 e. The van der Waals surface area contributed by atoms with E-state index in [0.717, 1.165) is 45.7 Å². The van der Waals surface area contributed by atoms with Crippen LogP contribution in [0.25, 0.3) is 21.0 Å². The van der Waals surface area contributed by atoms with Crippen molar-refractivity contribution in [3.63, 3.8) is 0 Å². The summed E-state index contributed by atoms with van der Waals surface area (Å²) < 4.78 is 11.5. The molecule has 1 fully saturated rings. The van der Waals surface area contributed by atoms with E-state index in [1.54, 1.807) is 11.3 Å². The molecule has 0 aliphatic carbocycles. The number of hydrogen-bond acceptors (Lipinski definition) is 5. The number of nitrogens with zero attached hydrogens (tertiary/aromatic N) is 3. The molecule has 3 aromatic rings. The van der Waals surface area contributed by atoms with E-state index in [1.807, 2.05) is 12.4 Å². The maximum Gasteiger partial charge on any atom is 0.125 e. The van der Waals surface area contributed by atoms with Gasteiger partial charge in [-0.15, -0.1) is 11.3 Å². The Hall–Kier alpha value is -2.05. The number of hydrogen-bond donors (Lipinski definition) is 0. The van der Waals surface area contributed by atoms with E-state index in [1.165, 1.54) is 11.3 Å². The molecule has 0 bridgehead atoms. The third-order valence-corrected chi connectivity index (χ3v) is 7.35. The van der Waals surface area contributed by atoms with E-state index in [-0.39, 0.29) is 5.41 Å². The number of rotatable bonds is 3. The van der Waals surface area contributed by atoms with Crippen LogP contribution >= 0.6 is 11.3 Å². The van der Waals surface area contributed by atoms with Gasteiger partial charge in [-0.2, -0.15) is 0 Å². The van der Waals surface area contributed by atoms with Crippen LogP contribution in [-0.2, 0) is 16.2 Å². The molecule has 1 saturated heterocycles. The monoisotopic (exact) mass is 411 g/mol. The normalized spacial score (nSPS) is 15.8. The van der Waals surface area contributed by atoms with Gasteiger partial charge in [-0.05, 0) is 29.8 Å². The molecule has 2 aromatic heterocycles. The quantitative estimate of drug-likeness (QED) is 0.625. The molecule has 0 radical (unpaired) electrons. The SMILES string of the molecule is CC(C)(C)c1ccc(-c2ncc(-c3ccc(N4CCS(=O)CC4)cc3)s2)cn1. The van der Waals surface area contributed by atoms with Crippen molar-refractivity contribution in [2.75, 3.05) is 29.5 Å². The number of pyridine rings is 1. The second-order valence-corrected chi connectivity index (χ2v) is 10.8. The zero-order chi connectivity index (χ0) is 19.7. The molecule has 6 heteroatoms. The Morgan fingerprint density at radius 3 is 2.21 bits per heavy atom. The summed E-state index contributed by atoms with van der Waals surface area (Å²) in [4.78, 5) is 12.7. The first-order valence-corrected chi connectivity index (χ1v) is 11.8. The molecule has 0 unspecified atom stereocenters. The fourth-order valence-corrected chi connectivity index (χ4v) is 5.20. The lowest BCUT2D eigenvalue weighted by Gasteiger charge is -2.28. The van der Waals surface area contributed by atoms with Gasteiger partial charge in [0.15, 0.2) is 0 Å². The Labute approximate surface area is 173 Å². The van der Waals surface area contributed by atoms with E-state index in [0.29, 0.717) is 0 Å². The van der Waals surface area contributed by atoms with Crippen molar-refractivity contribution in [3.8, 4) is 21.0 Å². The van der Waals surface area contributed by atoms with Gasteiger partial charge in [-0.3, -0.25) is 9.19 Å². The van der Waals surface area contributed by atoms with Crippen LogP contribution in [0.3, 0.4) is 0 Å². The highest BCUT2D eigenvalue weighted by atomic mass is 32.2. The standard InChI is InChI=1S/C22H25N3OS2/c1-22(2,3)20-9-6-17(14-23-20)21-24-15-19(27-21)16-4-7-18(8-5-16)25-10-12-28(26)13-11-25/h4-9,14-15H,10-13H2,1-3H3. The molecule has 0 atom stereocenters. The lowest BCUT2D eigenvalue weighted by Crippen LogP contribution is -2.37. The second-order valence-electron chi connectivity index (χ2n) is 8.09. The Morgan fingerprint density at radius 1 is 0.929 bits per heavy atom. The molecule has 1 aliphatic rings. The predicted octanol–water partition coefficient (Wildman–Crippen LogP) is 4.74. The highest BCUT2D eigenvalue weighted by molar-refractivity contribution is 7.85. The zero-order valence-electron chi connectivity index (χ0n) is 16.5. The molecule has 3 heterocycles. The van der Waals surface area contributed by atoms with Gasteiger partial charge < -0.3 is 4.90 Å². The van der Waals surface area contributed by atoms with Crippen molar-refractivity contribution in [1.82, 2.24) is 9.97 Å². The zero-order valence-corrected chi connectivity index (χ0v) is 18.1. The molecule has 4 nitrogen and oxygen atoms in total. The van der Waals surface area contributed by atoms with Crippen LogP contribution in [-0.4, -0.2) is 38.8 Å². The van der Waals surface area contributed by atoms with Gasteiger partial charge in [-0.1, -0.05) is 32.9 Å². The van der Waals surface area contributed by atoms with E-state index in [4.69, 9.17) is 0 Å². The molecular weight excluding hydrogens is 386 g/mol. The fraction of sp³-hybridized carbons (Fsp3) is 0.364. The Balaban J connectivity index is 1.50. The summed E-state index contributed by atoms with van der Waals surface area (Å²) in [6, 6.07) is 12.8. The van der Waals surface area contributed by atoms with Gasteiger partial charge in [-0.25, -0.2) is 4.98 Å². The molecule has 4 rings (SSSR count). The van der Waals surface area contributed by atoms with Crippen LogP contribution < -0.4 is 4.90 Å². The Bertz CT molecular complexity index is 962. The number of anilines is 1. The first kappa shape index (κ1) is 19.3. The summed E-state index contributed by atoms with van der Waals surface area (Å²) in [6.07, 6.45) is 3.86. The van der Waals surface area contributed by atoms with Crippen molar-refractivity contribution >= 4 is 27.8 Å². The Morgan fingerprint density at radius 2 is 1.61 bits per heavy atom. The average Bonchev–Trinajstić information content (AvgIpc) is 3.18. The molecular formula is C22H25N3OS2. The molecule has 0 saturated carbocycles. The van der Waals surface area contributed by atoms with Gasteiger partial charge in [0.05, 0.1) is 4.88 Å². The minimum atomic E-state index is -0.644. The first-order chi connectivity index (χ1) is 13.4. The summed E-state index contributed by atoms with van der Waals surface area (Å²) in [5, 5.41) is 0.991. The second kappa shape index (κ2) is 7.76. The molecule has 0 N–H and O–H groups in total. The van der Waals surface area contributed by atoms with Gasteiger partial charge in [0.25, 0.3) is 0 Å². The van der Waals surface area contributed by atoms with E-state index in [9.17, 15) is 4.21 Å². The van der Waals surface area contributed by atoms with Crippen LogP contribution in [0, 0.1) is 0 Å². The number of benzene rings is 1. The van der Waals surface area contributed by atoms with E-state index < -0.39 is 10.8 Å². The van der Waals surface area contributed by atoms with Crippen molar-refractivity contribution < 1.29 is 4.21 Å². The van der Waals surface area contributed by atoms with Crippen LogP contribution in [0.5, 0.6) is 0 Å². The maximum absolute atomic E-state index is 11.5. The topological polar surface area (TPSA) is 46.1 Å². The number of thiazole rings is 1. The first-order valence-electron chi connectivity index (χ1n) is 9.53. The smallest absolute Gasteiger partial charge is 0.125 e. The van der Waals surface area contributed by atoms with E-state index >= 15 is 0 Å². The highest BCUT2D eigenvalue weighted by Crippen LogP contribution is 2.33. The average molecular weight is 412 g/mol. The summed E-state index contributed by atoms with van der Waals surface area (Å²) >= 11 is 1.69. The fourth-order valence-electron chi connectivity index (χ4n) is 3.24. The summed E-state index contributed by atoms with van der Waals surface area (Å²) in [5.41, 5.74) is 4.57. The van der Waals surface area contributed by atoms with Crippen LogP contribution in [0.2, 0.25) is 0 Å². The molecule has 0 spiro atoms. The predicted molar refractivity (Wildman–Crippen MR) is 120 cm³/mol. The van der Waals surface area contributed by atoms with Gasteiger partial charge in [0.2, 0.25) is 0 Å². The molecule has 1 aromatic carbocycles. The molecule has 28 heavy (non-hydrogen) atoms. The minimum absolute atomic E-state index is 0.0533. The molecule has 1 aliphatic heterocycles. The molecule has 146 valence electrons. The molecule has 0 amide bonds. The summed E-state index contributed by atoms with van der Waals surface area (Å²) in [5.74, 6) is 1.53. The summed E-state index contributed by atoms with van der Waals surface area (Å²) in [7, 11) is -0.644. The van der Waals surface area contributed by atoms with Crippen molar-refractivity contribution in [1.29, 1.82) is 0 Å². The summed E-state index contributed by atoms with van der Waals surface area (Å²) in [6.45, 7) is 8.25. The van der Waals surface area contributed by atoms with Crippen LogP contribution in [0.1, 0.15) is 26.5 Å². The highest BCUT2D eigenvalue weighted by Gasteiger charge is 2.17.